The minimum atomic E-state index is -0.353. The van der Waals surface area contributed by atoms with Gasteiger partial charge in [-0.25, -0.2) is 0 Å². The molecule has 0 aliphatic carbocycles. The lowest BCUT2D eigenvalue weighted by atomic mass is 10.1. The summed E-state index contributed by atoms with van der Waals surface area (Å²) in [6.45, 7) is 2.63. The van der Waals surface area contributed by atoms with Gasteiger partial charge in [-0.1, -0.05) is 19.1 Å². The molecule has 2 amide bonds. The van der Waals surface area contributed by atoms with Crippen molar-refractivity contribution < 1.29 is 9.59 Å². The fourth-order valence-electron chi connectivity index (χ4n) is 2.06. The Bertz CT molecular complexity index is 460. The Balaban J connectivity index is 2.03. The molecule has 1 atom stereocenters. The molecule has 19 heavy (non-hydrogen) atoms. The van der Waals surface area contributed by atoms with E-state index in [1.807, 2.05) is 24.3 Å². The number of nitrogens with one attached hydrogen (secondary N) is 2. The van der Waals surface area contributed by atoms with Gasteiger partial charge in [-0.3, -0.25) is 14.9 Å². The van der Waals surface area contributed by atoms with Gasteiger partial charge in [0, 0.05) is 19.3 Å². The minimum Gasteiger partial charge on any atom is -0.353 e. The molecule has 102 valence electrons. The van der Waals surface area contributed by atoms with Crippen LogP contribution in [-0.2, 0) is 16.0 Å². The molecule has 2 N–H and O–H groups in total. The van der Waals surface area contributed by atoms with Crippen molar-refractivity contribution in [3.63, 3.8) is 0 Å². The van der Waals surface area contributed by atoms with E-state index >= 15 is 0 Å². The minimum absolute atomic E-state index is 0.0377. The number of hydrogen-bond donors (Lipinski definition) is 2. The van der Waals surface area contributed by atoms with Crippen LogP contribution in [0.25, 0.3) is 0 Å². The van der Waals surface area contributed by atoms with Crippen LogP contribution in [0.3, 0.4) is 0 Å². The summed E-state index contributed by atoms with van der Waals surface area (Å²) in [4.78, 5) is 24.9. The molecule has 1 fully saturated rings. The molecule has 0 aromatic heterocycles. The molecular weight excluding hydrogens is 242 g/mol. The predicted octanol–water partition coefficient (Wildman–Crippen LogP) is 0.300. The molecule has 2 rings (SSSR count). The summed E-state index contributed by atoms with van der Waals surface area (Å²) in [5.41, 5.74) is 2.11. The number of nitrogens with zero attached hydrogens (tertiary/aromatic N) is 1. The highest BCUT2D eigenvalue weighted by Gasteiger charge is 2.26. The van der Waals surface area contributed by atoms with Crippen molar-refractivity contribution in [1.29, 1.82) is 0 Å². The molecule has 5 nitrogen and oxygen atoms in total. The molecule has 0 saturated carbocycles. The molecule has 1 unspecified atom stereocenters. The Hall–Kier alpha value is -1.88. The molecule has 1 aliphatic rings. The van der Waals surface area contributed by atoms with Gasteiger partial charge in [0.2, 0.25) is 11.8 Å². The van der Waals surface area contributed by atoms with Crippen molar-refractivity contribution in [2.75, 3.05) is 25.0 Å². The van der Waals surface area contributed by atoms with E-state index in [1.54, 1.807) is 11.9 Å². The highest BCUT2D eigenvalue weighted by atomic mass is 16.2. The number of likely N-dealkylation sites (N-methyl/N-ethyl adjacent to an activating group) is 1. The van der Waals surface area contributed by atoms with Crippen LogP contribution < -0.4 is 15.5 Å². The largest absolute Gasteiger partial charge is 0.353 e. The molecule has 1 aromatic rings. The number of amides is 2. The fourth-order valence-corrected chi connectivity index (χ4v) is 2.06. The van der Waals surface area contributed by atoms with Crippen LogP contribution in [0.5, 0.6) is 0 Å². The Morgan fingerprint density at radius 1 is 1.37 bits per heavy atom. The van der Waals surface area contributed by atoms with E-state index < -0.39 is 0 Å². The number of aryl methyl sites for hydroxylation is 1. The second-order valence-corrected chi connectivity index (χ2v) is 4.65. The van der Waals surface area contributed by atoms with Gasteiger partial charge >= 0.3 is 0 Å². The quantitative estimate of drug-likeness (QED) is 0.822. The van der Waals surface area contributed by atoms with Crippen LogP contribution in [0, 0.1) is 0 Å². The lowest BCUT2D eigenvalue weighted by molar-refractivity contribution is -0.125. The summed E-state index contributed by atoms with van der Waals surface area (Å²) in [5.74, 6) is -0.108. The summed E-state index contributed by atoms with van der Waals surface area (Å²) in [6, 6.07) is 7.58. The number of benzene rings is 1. The van der Waals surface area contributed by atoms with Gasteiger partial charge in [0.1, 0.15) is 6.04 Å². The molecule has 1 heterocycles. The zero-order chi connectivity index (χ0) is 13.8. The summed E-state index contributed by atoms with van der Waals surface area (Å²) >= 11 is 0. The van der Waals surface area contributed by atoms with Crippen molar-refractivity contribution in [2.24, 2.45) is 0 Å². The maximum absolute atomic E-state index is 12.3. The summed E-state index contributed by atoms with van der Waals surface area (Å²) < 4.78 is 0. The van der Waals surface area contributed by atoms with Crippen LogP contribution in [-0.4, -0.2) is 38.0 Å². The zero-order valence-electron chi connectivity index (χ0n) is 11.3. The average Bonchev–Trinajstić information content (AvgIpc) is 2.46. The molecular formula is C14H19N3O2. The number of rotatable bonds is 3. The lowest BCUT2D eigenvalue weighted by Gasteiger charge is -2.27. The number of anilines is 1. The first kappa shape index (κ1) is 13.5. The second-order valence-electron chi connectivity index (χ2n) is 4.65. The maximum Gasteiger partial charge on any atom is 0.245 e. The van der Waals surface area contributed by atoms with Gasteiger partial charge in [0.05, 0.1) is 6.54 Å². The highest BCUT2D eigenvalue weighted by Crippen LogP contribution is 2.15. The molecule has 0 radical (unpaired) electrons. The number of hydrogen-bond acceptors (Lipinski definition) is 3. The van der Waals surface area contributed by atoms with Gasteiger partial charge in [0.15, 0.2) is 0 Å². The third kappa shape index (κ3) is 3.12. The van der Waals surface area contributed by atoms with Gasteiger partial charge in [-0.2, -0.15) is 0 Å². The molecule has 0 spiro atoms. The molecule has 5 heteroatoms. The fraction of sp³-hybridized carbons (Fsp3) is 0.429. The third-order valence-electron chi connectivity index (χ3n) is 3.37. The van der Waals surface area contributed by atoms with Gasteiger partial charge in [-0.15, -0.1) is 0 Å². The van der Waals surface area contributed by atoms with E-state index in [1.165, 1.54) is 5.56 Å². The molecule has 1 aromatic carbocycles. The smallest absolute Gasteiger partial charge is 0.245 e. The lowest BCUT2D eigenvalue weighted by Crippen LogP contribution is -2.58. The van der Waals surface area contributed by atoms with E-state index in [9.17, 15) is 9.59 Å². The Kier molecular flexibility index (Phi) is 4.16. The van der Waals surface area contributed by atoms with E-state index in [4.69, 9.17) is 0 Å². The Morgan fingerprint density at radius 2 is 2.05 bits per heavy atom. The van der Waals surface area contributed by atoms with Crippen molar-refractivity contribution in [3.05, 3.63) is 29.8 Å². The standard InChI is InChI=1S/C14H19N3O2/c1-3-10-4-6-11(7-5-10)17(2)14(19)12-8-16-13(18)9-15-12/h4-7,12,15H,3,8-9H2,1-2H3,(H,16,18). The second kappa shape index (κ2) is 5.84. The number of piperazine rings is 1. The van der Waals surface area contributed by atoms with Gasteiger partial charge in [0.25, 0.3) is 0 Å². The SMILES string of the molecule is CCc1ccc(N(C)C(=O)C2CNC(=O)CN2)cc1. The van der Waals surface area contributed by atoms with Crippen molar-refractivity contribution in [2.45, 2.75) is 19.4 Å². The zero-order valence-corrected chi connectivity index (χ0v) is 11.3. The Labute approximate surface area is 113 Å². The van der Waals surface area contributed by atoms with Crippen LogP contribution in [0.2, 0.25) is 0 Å². The number of carbonyl (C=O) groups is 2. The normalized spacial score (nSPS) is 18.8. The van der Waals surface area contributed by atoms with Crippen molar-refractivity contribution in [3.8, 4) is 0 Å². The van der Waals surface area contributed by atoms with E-state index in [0.29, 0.717) is 6.54 Å². The van der Waals surface area contributed by atoms with Crippen LogP contribution in [0.15, 0.2) is 24.3 Å². The third-order valence-corrected chi connectivity index (χ3v) is 3.37. The van der Waals surface area contributed by atoms with Crippen molar-refractivity contribution in [1.82, 2.24) is 10.6 Å². The number of carbonyl (C=O) groups excluding carboxylic acids is 2. The predicted molar refractivity (Wildman–Crippen MR) is 74.0 cm³/mol. The summed E-state index contributed by atoms with van der Waals surface area (Å²) in [7, 11) is 1.75. The van der Waals surface area contributed by atoms with Gasteiger partial charge in [-0.05, 0) is 24.1 Å². The highest BCUT2D eigenvalue weighted by molar-refractivity contribution is 5.98. The van der Waals surface area contributed by atoms with Crippen LogP contribution >= 0.6 is 0 Å². The monoisotopic (exact) mass is 261 g/mol. The maximum atomic E-state index is 12.3. The first-order chi connectivity index (χ1) is 9.11. The van der Waals surface area contributed by atoms with E-state index in [2.05, 4.69) is 17.6 Å². The Morgan fingerprint density at radius 3 is 2.58 bits per heavy atom. The van der Waals surface area contributed by atoms with Gasteiger partial charge < -0.3 is 10.2 Å². The van der Waals surface area contributed by atoms with Crippen LogP contribution in [0.1, 0.15) is 12.5 Å². The summed E-state index contributed by atoms with van der Waals surface area (Å²) in [6.07, 6.45) is 0.980. The average molecular weight is 261 g/mol. The molecule has 1 aliphatic heterocycles. The van der Waals surface area contributed by atoms with E-state index in [-0.39, 0.29) is 24.4 Å². The first-order valence-electron chi connectivity index (χ1n) is 6.48. The first-order valence-corrected chi connectivity index (χ1v) is 6.48. The van der Waals surface area contributed by atoms with E-state index in [0.717, 1.165) is 12.1 Å². The van der Waals surface area contributed by atoms with Crippen LogP contribution in [0.4, 0.5) is 5.69 Å². The summed E-state index contributed by atoms with van der Waals surface area (Å²) in [5, 5.41) is 5.63. The molecule has 0 bridgehead atoms. The molecule has 1 saturated heterocycles. The van der Waals surface area contributed by atoms with Crippen molar-refractivity contribution >= 4 is 17.5 Å². The topological polar surface area (TPSA) is 61.4 Å².